The fraction of sp³-hybridized carbons (Fsp3) is 0.200. The van der Waals surface area contributed by atoms with E-state index >= 15 is 0 Å². The van der Waals surface area contributed by atoms with Crippen molar-refractivity contribution in [2.75, 3.05) is 11.1 Å². The molecule has 1 aromatic heterocycles. The zero-order valence-corrected chi connectivity index (χ0v) is 16.4. The first-order chi connectivity index (χ1) is 13.3. The minimum atomic E-state index is -0.696. The number of thioether (sulfide) groups is 1. The molecule has 28 heavy (non-hydrogen) atoms. The summed E-state index contributed by atoms with van der Waals surface area (Å²) in [5, 5.41) is 10.7. The Labute approximate surface area is 165 Å². The van der Waals surface area contributed by atoms with Crippen LogP contribution in [-0.4, -0.2) is 27.6 Å². The Bertz CT molecular complexity index is 1030. The number of nitrogens with zero attached hydrogens (tertiary/aromatic N) is 2. The van der Waals surface area contributed by atoms with Gasteiger partial charge in [-0.25, -0.2) is 4.39 Å². The van der Waals surface area contributed by atoms with E-state index in [9.17, 15) is 14.0 Å². The first kappa shape index (κ1) is 19.8. The second-order valence-corrected chi connectivity index (χ2v) is 7.26. The molecule has 0 aliphatic carbocycles. The number of amides is 1. The van der Waals surface area contributed by atoms with Crippen LogP contribution in [0.1, 0.15) is 28.4 Å². The molecule has 0 unspecified atom stereocenters. The molecular formula is C20H18FN3O3S. The van der Waals surface area contributed by atoms with E-state index in [1.54, 1.807) is 0 Å². The van der Waals surface area contributed by atoms with Gasteiger partial charge in [0.25, 0.3) is 5.22 Å². The number of carbonyl (C=O) groups excluding carboxylic acids is 2. The van der Waals surface area contributed by atoms with Crippen LogP contribution in [0.2, 0.25) is 0 Å². The monoisotopic (exact) mass is 399 g/mol. The summed E-state index contributed by atoms with van der Waals surface area (Å²) in [5.41, 5.74) is 3.20. The van der Waals surface area contributed by atoms with Crippen LogP contribution in [0.5, 0.6) is 0 Å². The predicted molar refractivity (Wildman–Crippen MR) is 105 cm³/mol. The molecule has 3 aromatic rings. The predicted octanol–water partition coefficient (Wildman–Crippen LogP) is 4.43. The number of ketones is 1. The Morgan fingerprint density at radius 2 is 1.82 bits per heavy atom. The van der Waals surface area contributed by atoms with Crippen molar-refractivity contribution in [3.63, 3.8) is 0 Å². The molecule has 1 N–H and O–H groups in total. The molecule has 8 heteroatoms. The smallest absolute Gasteiger partial charge is 0.277 e. The van der Waals surface area contributed by atoms with Gasteiger partial charge in [-0.05, 0) is 44.2 Å². The van der Waals surface area contributed by atoms with E-state index in [1.807, 2.05) is 32.0 Å². The molecule has 0 fully saturated rings. The highest BCUT2D eigenvalue weighted by Crippen LogP contribution is 2.26. The van der Waals surface area contributed by atoms with E-state index in [1.165, 1.54) is 19.1 Å². The van der Waals surface area contributed by atoms with Gasteiger partial charge >= 0.3 is 0 Å². The SMILES string of the molecule is CC(=O)Nc1ccc(C(=O)CSc2nnc(-c3cc(C)cc(C)c3)o2)c(F)c1. The molecule has 144 valence electrons. The average Bonchev–Trinajstić information content (AvgIpc) is 3.07. The van der Waals surface area contributed by atoms with Crippen molar-refractivity contribution in [3.05, 3.63) is 58.9 Å². The molecule has 0 spiro atoms. The normalized spacial score (nSPS) is 10.7. The molecule has 0 radical (unpaired) electrons. The van der Waals surface area contributed by atoms with Crippen LogP contribution in [0, 0.1) is 19.7 Å². The van der Waals surface area contributed by atoms with Crippen molar-refractivity contribution < 1.29 is 18.4 Å². The summed E-state index contributed by atoms with van der Waals surface area (Å²) in [7, 11) is 0. The largest absolute Gasteiger partial charge is 0.411 e. The van der Waals surface area contributed by atoms with E-state index in [4.69, 9.17) is 4.42 Å². The van der Waals surface area contributed by atoms with E-state index in [0.717, 1.165) is 34.5 Å². The zero-order valence-electron chi connectivity index (χ0n) is 15.6. The minimum Gasteiger partial charge on any atom is -0.411 e. The highest BCUT2D eigenvalue weighted by Gasteiger charge is 2.16. The fourth-order valence-electron chi connectivity index (χ4n) is 2.71. The van der Waals surface area contributed by atoms with E-state index in [0.29, 0.717) is 11.6 Å². The van der Waals surface area contributed by atoms with Crippen molar-refractivity contribution in [1.29, 1.82) is 0 Å². The van der Waals surface area contributed by atoms with Gasteiger partial charge < -0.3 is 9.73 Å². The third-order valence-electron chi connectivity index (χ3n) is 3.79. The van der Waals surface area contributed by atoms with Crippen LogP contribution >= 0.6 is 11.8 Å². The van der Waals surface area contributed by atoms with Gasteiger partial charge in [0.15, 0.2) is 5.78 Å². The fourth-order valence-corrected chi connectivity index (χ4v) is 3.36. The lowest BCUT2D eigenvalue weighted by Gasteiger charge is -2.05. The standard InChI is InChI=1S/C20H18FN3O3S/c1-11-6-12(2)8-14(7-11)19-23-24-20(27-19)28-10-18(26)16-5-4-15(9-17(16)21)22-13(3)25/h4-9H,10H2,1-3H3,(H,22,25). The van der Waals surface area contributed by atoms with Gasteiger partial charge in [0.05, 0.1) is 11.3 Å². The number of carbonyl (C=O) groups is 2. The quantitative estimate of drug-likeness (QED) is 0.488. The molecule has 6 nitrogen and oxygen atoms in total. The van der Waals surface area contributed by atoms with Gasteiger partial charge in [-0.2, -0.15) is 0 Å². The molecule has 1 amide bonds. The second-order valence-electron chi connectivity index (χ2n) is 6.34. The van der Waals surface area contributed by atoms with Crippen LogP contribution in [0.25, 0.3) is 11.5 Å². The summed E-state index contributed by atoms with van der Waals surface area (Å²) >= 11 is 1.04. The van der Waals surface area contributed by atoms with Crippen molar-refractivity contribution in [3.8, 4) is 11.5 Å². The summed E-state index contributed by atoms with van der Waals surface area (Å²) in [4.78, 5) is 23.3. The molecule has 0 saturated heterocycles. The van der Waals surface area contributed by atoms with Crippen LogP contribution in [0.3, 0.4) is 0 Å². The molecule has 3 rings (SSSR count). The number of nitrogens with one attached hydrogen (secondary N) is 1. The maximum Gasteiger partial charge on any atom is 0.277 e. The van der Waals surface area contributed by atoms with Crippen LogP contribution in [0.4, 0.5) is 10.1 Å². The Morgan fingerprint density at radius 1 is 1.11 bits per heavy atom. The Balaban J connectivity index is 1.67. The van der Waals surface area contributed by atoms with Gasteiger partial charge in [0.1, 0.15) is 5.82 Å². The molecule has 0 aliphatic heterocycles. The van der Waals surface area contributed by atoms with E-state index < -0.39 is 11.6 Å². The van der Waals surface area contributed by atoms with Crippen molar-refractivity contribution >= 4 is 29.1 Å². The number of aromatic nitrogens is 2. The summed E-state index contributed by atoms with van der Waals surface area (Å²) in [6.07, 6.45) is 0. The van der Waals surface area contributed by atoms with Crippen LogP contribution in [0.15, 0.2) is 46.0 Å². The first-order valence-corrected chi connectivity index (χ1v) is 9.45. The van der Waals surface area contributed by atoms with Crippen molar-refractivity contribution in [2.45, 2.75) is 26.0 Å². The van der Waals surface area contributed by atoms with E-state index in [2.05, 4.69) is 15.5 Å². The number of halogens is 1. The third-order valence-corrected chi connectivity index (χ3v) is 4.61. The second kappa shape index (κ2) is 8.35. The number of aryl methyl sites for hydroxylation is 2. The molecule has 0 aliphatic rings. The molecule has 1 heterocycles. The summed E-state index contributed by atoms with van der Waals surface area (Å²) in [5.74, 6) is -1.11. The molecule has 0 atom stereocenters. The lowest BCUT2D eigenvalue weighted by molar-refractivity contribution is -0.114. The number of benzene rings is 2. The highest BCUT2D eigenvalue weighted by molar-refractivity contribution is 7.99. The molecule has 2 aromatic carbocycles. The third kappa shape index (κ3) is 4.83. The first-order valence-electron chi connectivity index (χ1n) is 8.47. The maximum absolute atomic E-state index is 14.1. The molecular weight excluding hydrogens is 381 g/mol. The number of rotatable bonds is 6. The minimum absolute atomic E-state index is 0.0507. The summed E-state index contributed by atoms with van der Waals surface area (Å²) in [6, 6.07) is 9.86. The zero-order chi connectivity index (χ0) is 20.3. The Morgan fingerprint density at radius 3 is 2.46 bits per heavy atom. The lowest BCUT2D eigenvalue weighted by Crippen LogP contribution is -2.09. The Hall–Kier alpha value is -3.00. The van der Waals surface area contributed by atoms with Gasteiger partial charge in [-0.3, -0.25) is 9.59 Å². The van der Waals surface area contributed by atoms with Gasteiger partial charge in [-0.15, -0.1) is 10.2 Å². The van der Waals surface area contributed by atoms with Gasteiger partial charge in [0, 0.05) is 18.2 Å². The number of hydrogen-bond donors (Lipinski definition) is 1. The summed E-state index contributed by atoms with van der Waals surface area (Å²) < 4.78 is 19.8. The molecule has 0 bridgehead atoms. The topological polar surface area (TPSA) is 85.1 Å². The number of anilines is 1. The number of hydrogen-bond acceptors (Lipinski definition) is 6. The van der Waals surface area contributed by atoms with Crippen LogP contribution < -0.4 is 5.32 Å². The van der Waals surface area contributed by atoms with Crippen molar-refractivity contribution in [1.82, 2.24) is 10.2 Å². The van der Waals surface area contributed by atoms with Crippen molar-refractivity contribution in [2.24, 2.45) is 0 Å². The maximum atomic E-state index is 14.1. The summed E-state index contributed by atoms with van der Waals surface area (Å²) in [6.45, 7) is 5.28. The van der Waals surface area contributed by atoms with Crippen LogP contribution in [-0.2, 0) is 4.79 Å². The Kier molecular flexibility index (Phi) is 5.89. The lowest BCUT2D eigenvalue weighted by atomic mass is 10.1. The number of Topliss-reactive ketones (excluding diaryl/α,β-unsaturated/α-hetero) is 1. The van der Waals surface area contributed by atoms with E-state index in [-0.39, 0.29) is 22.4 Å². The van der Waals surface area contributed by atoms with Gasteiger partial charge in [-0.1, -0.05) is 29.0 Å². The average molecular weight is 399 g/mol. The van der Waals surface area contributed by atoms with Gasteiger partial charge in [0.2, 0.25) is 11.8 Å². The molecule has 0 saturated carbocycles. The highest BCUT2D eigenvalue weighted by atomic mass is 32.2.